The van der Waals surface area contributed by atoms with Gasteiger partial charge in [-0.1, -0.05) is 57.4 Å². The number of unbranched alkanes of at least 4 members (excludes halogenated alkanes) is 9. The van der Waals surface area contributed by atoms with Crippen LogP contribution >= 0.6 is 33.2 Å². The summed E-state index contributed by atoms with van der Waals surface area (Å²) in [7, 11) is 0. The van der Waals surface area contributed by atoms with Crippen LogP contribution in [0.5, 0.6) is 0 Å². The number of halogens is 3. The summed E-state index contributed by atoms with van der Waals surface area (Å²) in [5.74, 6) is 0. The van der Waals surface area contributed by atoms with Crippen LogP contribution in [-0.2, 0) is 0 Å². The minimum absolute atomic E-state index is 0.819. The van der Waals surface area contributed by atoms with Gasteiger partial charge in [0, 0.05) is 0 Å². The van der Waals surface area contributed by atoms with Crippen LogP contribution in [0.25, 0.3) is 0 Å². The molecule has 0 aliphatic heterocycles. The van der Waals surface area contributed by atoms with Crippen molar-refractivity contribution in [2.24, 2.45) is 0 Å². The van der Waals surface area contributed by atoms with E-state index in [1.807, 2.05) is 6.08 Å². The first-order chi connectivity index (χ1) is 8.06. The molecule has 0 aliphatic rings. The molecule has 0 aromatic rings. The Hall–Kier alpha value is 0.827. The van der Waals surface area contributed by atoms with Crippen molar-refractivity contribution in [3.63, 3.8) is 0 Å². The van der Waals surface area contributed by atoms with Crippen LogP contribution in [0, 0.1) is 0 Å². The van der Waals surface area contributed by atoms with E-state index in [0.717, 1.165) is 12.5 Å². The van der Waals surface area contributed by atoms with Crippen molar-refractivity contribution in [3.05, 3.63) is 12.7 Å². The highest BCUT2D eigenvalue weighted by Crippen LogP contribution is 2.27. The van der Waals surface area contributed by atoms with Gasteiger partial charge in [0.25, 0.3) is 0 Å². The van der Waals surface area contributed by atoms with Crippen molar-refractivity contribution >= 4 is 39.2 Å². The zero-order valence-corrected chi connectivity index (χ0v) is 14.0. The fourth-order valence-electron chi connectivity index (χ4n) is 1.85. The Kier molecular flexibility index (Phi) is 12.5. The number of rotatable bonds is 12. The van der Waals surface area contributed by atoms with Gasteiger partial charge in [-0.15, -0.1) is 39.8 Å². The van der Waals surface area contributed by atoms with E-state index in [1.54, 1.807) is 0 Å². The lowest BCUT2D eigenvalue weighted by molar-refractivity contribution is 0.566. The summed E-state index contributed by atoms with van der Waals surface area (Å²) in [4.78, 5) is 0. The molecular formula is C13H25Cl3Si. The third kappa shape index (κ3) is 16.8. The fraction of sp³-hybridized carbons (Fsp3) is 0.846. The van der Waals surface area contributed by atoms with E-state index < -0.39 is 6.00 Å². The van der Waals surface area contributed by atoms with E-state index in [0.29, 0.717) is 0 Å². The minimum atomic E-state index is -2.34. The second-order valence-corrected chi connectivity index (χ2v) is 13.9. The third-order valence-electron chi connectivity index (χ3n) is 2.87. The van der Waals surface area contributed by atoms with Crippen LogP contribution in [0.15, 0.2) is 12.7 Å². The van der Waals surface area contributed by atoms with Crippen LogP contribution < -0.4 is 0 Å². The van der Waals surface area contributed by atoms with Gasteiger partial charge >= 0.3 is 6.00 Å². The molecule has 0 amide bonds. The molecule has 0 bridgehead atoms. The highest BCUT2D eigenvalue weighted by molar-refractivity contribution is 7.64. The second-order valence-electron chi connectivity index (χ2n) is 4.62. The zero-order valence-electron chi connectivity index (χ0n) is 10.7. The van der Waals surface area contributed by atoms with Crippen molar-refractivity contribution in [1.82, 2.24) is 0 Å². The maximum absolute atomic E-state index is 5.82. The highest BCUT2D eigenvalue weighted by Gasteiger charge is 2.23. The van der Waals surface area contributed by atoms with E-state index in [9.17, 15) is 0 Å². The van der Waals surface area contributed by atoms with Gasteiger partial charge in [0.1, 0.15) is 0 Å². The first-order valence-electron chi connectivity index (χ1n) is 6.74. The summed E-state index contributed by atoms with van der Waals surface area (Å²) < 4.78 is 0. The first kappa shape index (κ1) is 17.8. The lowest BCUT2D eigenvalue weighted by atomic mass is 10.1. The van der Waals surface area contributed by atoms with E-state index in [1.165, 1.54) is 57.8 Å². The van der Waals surface area contributed by atoms with Gasteiger partial charge in [0.15, 0.2) is 0 Å². The van der Waals surface area contributed by atoms with Crippen molar-refractivity contribution in [1.29, 1.82) is 0 Å². The summed E-state index contributed by atoms with van der Waals surface area (Å²) in [5.41, 5.74) is 0. The Morgan fingerprint density at radius 1 is 0.706 bits per heavy atom. The first-order valence-corrected chi connectivity index (χ1v) is 12.0. The lowest BCUT2D eigenvalue weighted by Gasteiger charge is -2.06. The van der Waals surface area contributed by atoms with E-state index in [4.69, 9.17) is 33.2 Å². The molecule has 4 heteroatoms. The van der Waals surface area contributed by atoms with Gasteiger partial charge < -0.3 is 0 Å². The van der Waals surface area contributed by atoms with Crippen LogP contribution in [0.4, 0.5) is 0 Å². The Balaban J connectivity index is 3.01. The monoisotopic (exact) mass is 314 g/mol. The molecule has 0 rings (SSSR count). The maximum atomic E-state index is 5.82. The number of hydrogen-bond donors (Lipinski definition) is 0. The van der Waals surface area contributed by atoms with Crippen LogP contribution in [0.2, 0.25) is 6.04 Å². The minimum Gasteiger partial charge on any atom is -0.126 e. The van der Waals surface area contributed by atoms with Gasteiger partial charge in [-0.3, -0.25) is 0 Å². The predicted molar refractivity (Wildman–Crippen MR) is 84.5 cm³/mol. The fourth-order valence-corrected chi connectivity index (χ4v) is 3.71. The molecule has 0 aromatic heterocycles. The molecule has 0 nitrogen and oxygen atoms in total. The molecule has 0 heterocycles. The van der Waals surface area contributed by atoms with Crippen LogP contribution in [-0.4, -0.2) is 6.00 Å². The SMILES string of the molecule is C=CCCCCCCCCCCC[Si](Cl)(Cl)Cl. The molecule has 0 N–H and O–H groups in total. The Bertz CT molecular complexity index is 178. The molecule has 0 saturated carbocycles. The Morgan fingerprint density at radius 3 is 1.53 bits per heavy atom. The maximum Gasteiger partial charge on any atom is 0.341 e. The van der Waals surface area contributed by atoms with Crippen molar-refractivity contribution in [2.75, 3.05) is 0 Å². The predicted octanol–water partition coefficient (Wildman–Crippen LogP) is 6.73. The standard InChI is InChI=1S/C13H25Cl3Si/c1-2-3-4-5-6-7-8-9-10-11-12-13-17(14,15)16/h2H,1,3-13H2. The molecule has 0 spiro atoms. The molecular weight excluding hydrogens is 291 g/mol. The zero-order chi connectivity index (χ0) is 13.0. The number of hydrogen-bond acceptors (Lipinski definition) is 0. The summed E-state index contributed by atoms with van der Waals surface area (Å²) in [6.07, 6.45) is 14.9. The molecule has 0 aliphatic carbocycles. The average molecular weight is 316 g/mol. The second kappa shape index (κ2) is 11.9. The average Bonchev–Trinajstić information content (AvgIpc) is 2.24. The van der Waals surface area contributed by atoms with Crippen molar-refractivity contribution in [3.8, 4) is 0 Å². The quantitative estimate of drug-likeness (QED) is 0.162. The third-order valence-corrected chi connectivity index (χ3v) is 5.49. The van der Waals surface area contributed by atoms with E-state index >= 15 is 0 Å². The molecule has 0 aromatic carbocycles. The van der Waals surface area contributed by atoms with E-state index in [2.05, 4.69) is 6.58 Å². The highest BCUT2D eigenvalue weighted by atomic mass is 35.8. The Labute approximate surface area is 122 Å². The van der Waals surface area contributed by atoms with Crippen LogP contribution in [0.1, 0.15) is 64.2 Å². The lowest BCUT2D eigenvalue weighted by Crippen LogP contribution is -2.07. The van der Waals surface area contributed by atoms with Gasteiger partial charge in [-0.2, -0.15) is 0 Å². The summed E-state index contributed by atoms with van der Waals surface area (Å²) in [6, 6.07) is -1.52. The van der Waals surface area contributed by atoms with Crippen LogP contribution in [0.3, 0.4) is 0 Å². The van der Waals surface area contributed by atoms with Gasteiger partial charge in [0.05, 0.1) is 0 Å². The molecule has 17 heavy (non-hydrogen) atoms. The van der Waals surface area contributed by atoms with Gasteiger partial charge in [-0.05, 0) is 18.9 Å². The topological polar surface area (TPSA) is 0 Å². The largest absolute Gasteiger partial charge is 0.341 e. The number of allylic oxidation sites excluding steroid dienone is 1. The summed E-state index contributed by atoms with van der Waals surface area (Å²) in [5, 5.41) is 0. The van der Waals surface area contributed by atoms with Crippen molar-refractivity contribution in [2.45, 2.75) is 70.3 Å². The summed E-state index contributed by atoms with van der Waals surface area (Å²) in [6.45, 7) is 3.73. The molecule has 0 saturated heterocycles. The normalized spacial score (nSPS) is 11.7. The smallest absolute Gasteiger partial charge is 0.126 e. The van der Waals surface area contributed by atoms with Gasteiger partial charge in [-0.25, -0.2) is 0 Å². The molecule has 0 unspecified atom stereocenters. The Morgan fingerprint density at radius 2 is 1.12 bits per heavy atom. The van der Waals surface area contributed by atoms with E-state index in [-0.39, 0.29) is 0 Å². The molecule has 0 radical (unpaired) electrons. The van der Waals surface area contributed by atoms with Gasteiger partial charge in [0.2, 0.25) is 0 Å². The molecule has 102 valence electrons. The molecule has 0 fully saturated rings. The summed E-state index contributed by atoms with van der Waals surface area (Å²) >= 11 is 17.5. The van der Waals surface area contributed by atoms with Crippen molar-refractivity contribution < 1.29 is 0 Å². The molecule has 0 atom stereocenters.